The van der Waals surface area contributed by atoms with E-state index >= 15 is 0 Å². The summed E-state index contributed by atoms with van der Waals surface area (Å²) in [6.45, 7) is 1.76. The summed E-state index contributed by atoms with van der Waals surface area (Å²) in [5.74, 6) is 0.827. The van der Waals surface area contributed by atoms with Gasteiger partial charge in [0.1, 0.15) is 5.75 Å². The Kier molecular flexibility index (Phi) is 6.48. The van der Waals surface area contributed by atoms with Crippen molar-refractivity contribution in [3.05, 3.63) is 99.7 Å². The Labute approximate surface area is 215 Å². The van der Waals surface area contributed by atoms with Crippen molar-refractivity contribution in [1.82, 2.24) is 0 Å². The Morgan fingerprint density at radius 3 is 2.74 bits per heavy atom. The third-order valence-corrected chi connectivity index (χ3v) is 7.87. The number of methoxy groups -OCH3 is 1. The van der Waals surface area contributed by atoms with E-state index in [0.29, 0.717) is 11.7 Å². The van der Waals surface area contributed by atoms with Crippen molar-refractivity contribution in [2.45, 2.75) is 24.3 Å². The summed E-state index contributed by atoms with van der Waals surface area (Å²) in [6, 6.07) is 25.5. The van der Waals surface area contributed by atoms with E-state index in [9.17, 15) is 0 Å². The fourth-order valence-electron chi connectivity index (χ4n) is 4.88. The van der Waals surface area contributed by atoms with E-state index < -0.39 is 0 Å². The van der Waals surface area contributed by atoms with Crippen molar-refractivity contribution in [2.75, 3.05) is 18.6 Å². The Balaban J connectivity index is 0.00000241. The van der Waals surface area contributed by atoms with Gasteiger partial charge in [0.05, 0.1) is 29.3 Å². The molecule has 0 spiro atoms. The van der Waals surface area contributed by atoms with Crippen LogP contribution in [0.3, 0.4) is 0 Å². The highest BCUT2D eigenvalue weighted by atomic mass is 35.5. The number of rotatable bonds is 4. The van der Waals surface area contributed by atoms with Gasteiger partial charge in [-0.15, -0.1) is 12.4 Å². The van der Waals surface area contributed by atoms with Crippen LogP contribution in [0.5, 0.6) is 5.75 Å². The molecule has 4 aromatic rings. The van der Waals surface area contributed by atoms with Gasteiger partial charge < -0.3 is 9.64 Å². The molecule has 34 heavy (non-hydrogen) atoms. The number of hydrogen-bond donors (Lipinski definition) is 0. The Morgan fingerprint density at radius 1 is 1.06 bits per heavy atom. The average molecular weight is 508 g/mol. The molecule has 0 saturated heterocycles. The fraction of sp³-hybridized carbons (Fsp3) is 0.179. The number of pyridine rings is 1. The monoisotopic (exact) mass is 507 g/mol. The van der Waals surface area contributed by atoms with Crippen molar-refractivity contribution < 1.29 is 9.30 Å². The van der Waals surface area contributed by atoms with E-state index in [-0.39, 0.29) is 12.4 Å². The minimum absolute atomic E-state index is 0. The van der Waals surface area contributed by atoms with Gasteiger partial charge in [-0.2, -0.15) is 4.57 Å². The van der Waals surface area contributed by atoms with Crippen molar-refractivity contribution >= 4 is 58.4 Å². The van der Waals surface area contributed by atoms with Gasteiger partial charge in [-0.25, -0.2) is 0 Å². The van der Waals surface area contributed by atoms with Gasteiger partial charge in [0.15, 0.2) is 6.54 Å². The van der Waals surface area contributed by atoms with Crippen LogP contribution >= 0.6 is 35.8 Å². The van der Waals surface area contributed by atoms with Crippen LogP contribution < -0.4 is 14.2 Å². The number of nitrogens with zero attached hydrogens (tertiary/aromatic N) is 2. The molecule has 0 radical (unpaired) electrons. The number of para-hydroxylation sites is 1. The second-order valence-corrected chi connectivity index (χ2v) is 9.93. The molecule has 172 valence electrons. The third kappa shape index (κ3) is 4.04. The number of fused-ring (bicyclic) bond motifs is 1. The van der Waals surface area contributed by atoms with Crippen molar-refractivity contribution in [1.29, 1.82) is 0 Å². The zero-order valence-electron chi connectivity index (χ0n) is 18.8. The fourth-order valence-corrected chi connectivity index (χ4v) is 6.33. The van der Waals surface area contributed by atoms with Crippen LogP contribution in [-0.2, 0) is 13.0 Å². The molecule has 0 unspecified atom stereocenters. The van der Waals surface area contributed by atoms with Gasteiger partial charge in [-0.05, 0) is 59.8 Å². The van der Waals surface area contributed by atoms with E-state index in [1.807, 2.05) is 23.9 Å². The highest BCUT2D eigenvalue weighted by Crippen LogP contribution is 2.50. The molecule has 0 N–H and O–H groups in total. The number of thioether (sulfide) groups is 1. The van der Waals surface area contributed by atoms with Gasteiger partial charge in [0.2, 0.25) is 5.52 Å². The second-order valence-electron chi connectivity index (χ2n) is 8.48. The maximum absolute atomic E-state index is 6.91. The number of benzene rings is 3. The summed E-state index contributed by atoms with van der Waals surface area (Å²) >= 11 is 8.77. The van der Waals surface area contributed by atoms with Crippen LogP contribution in [0.25, 0.3) is 17.0 Å². The molecule has 0 amide bonds. The zero-order valence-corrected chi connectivity index (χ0v) is 21.2. The van der Waals surface area contributed by atoms with Gasteiger partial charge in [-0.1, -0.05) is 54.2 Å². The summed E-state index contributed by atoms with van der Waals surface area (Å²) in [7, 11) is 1.70. The van der Waals surface area contributed by atoms with Crippen LogP contribution in [0, 0.1) is 0 Å². The standard InChI is InChI=1S/C28H24ClN2OS.ClH/c1-32-22-12-13-23-21(15-26(29)31(24(23)17-22)18-19-7-3-2-4-8-19)16-27-30-14-6-10-20-9-5-11-25(33-27)28(20)30;/h2-5,7-9,11-13,15-17H,6,10,14,18H2,1H3;1H/q+1;. The Bertz CT molecular complexity index is 1400. The molecule has 3 nitrogen and oxygen atoms in total. The molecule has 0 atom stereocenters. The second kappa shape index (κ2) is 9.53. The first-order valence-electron chi connectivity index (χ1n) is 11.2. The Morgan fingerprint density at radius 2 is 1.91 bits per heavy atom. The highest BCUT2D eigenvalue weighted by molar-refractivity contribution is 8.03. The zero-order chi connectivity index (χ0) is 22.4. The lowest BCUT2D eigenvalue weighted by Gasteiger charge is -2.27. The normalized spacial score (nSPS) is 15.4. The summed E-state index contributed by atoms with van der Waals surface area (Å²) in [5, 5.41) is 3.15. The van der Waals surface area contributed by atoms with Gasteiger partial charge in [0.25, 0.3) is 5.15 Å². The van der Waals surface area contributed by atoms with Crippen LogP contribution in [0.2, 0.25) is 5.15 Å². The largest absolute Gasteiger partial charge is 0.497 e. The van der Waals surface area contributed by atoms with Crippen molar-refractivity contribution in [3.63, 3.8) is 0 Å². The first kappa shape index (κ1) is 23.1. The average Bonchev–Trinajstić information content (AvgIpc) is 3.21. The summed E-state index contributed by atoms with van der Waals surface area (Å²) in [6.07, 6.45) is 4.64. The van der Waals surface area contributed by atoms with E-state index in [0.717, 1.165) is 35.2 Å². The Hall–Kier alpha value is -2.66. The quantitative estimate of drug-likeness (QED) is 0.216. The van der Waals surface area contributed by atoms with Gasteiger partial charge >= 0.3 is 0 Å². The number of aromatic nitrogens is 1. The summed E-state index contributed by atoms with van der Waals surface area (Å²) < 4.78 is 7.71. The number of halogens is 2. The van der Waals surface area contributed by atoms with Crippen molar-refractivity contribution in [2.24, 2.45) is 0 Å². The summed E-state index contributed by atoms with van der Waals surface area (Å²) in [5.41, 5.74) is 6.26. The molecule has 1 aromatic heterocycles. The third-order valence-electron chi connectivity index (χ3n) is 6.46. The molecular weight excluding hydrogens is 483 g/mol. The lowest BCUT2D eigenvalue weighted by atomic mass is 10.0. The molecule has 2 aliphatic rings. The smallest absolute Gasteiger partial charge is 0.276 e. The van der Waals surface area contributed by atoms with E-state index in [1.165, 1.54) is 33.2 Å². The minimum Gasteiger partial charge on any atom is -0.497 e. The predicted molar refractivity (Wildman–Crippen MR) is 144 cm³/mol. The molecule has 0 fully saturated rings. The molecule has 6 rings (SSSR count). The predicted octanol–water partition coefficient (Wildman–Crippen LogP) is 7.12. The molecule has 0 aliphatic carbocycles. The molecular formula is C28H25Cl2N2OS+. The lowest BCUT2D eigenvalue weighted by molar-refractivity contribution is -0.660. The number of aryl methyl sites for hydroxylation is 1. The van der Waals surface area contributed by atoms with E-state index in [1.54, 1.807) is 7.11 Å². The molecule has 3 aromatic carbocycles. The molecule has 0 saturated carbocycles. The number of anilines is 1. The summed E-state index contributed by atoms with van der Waals surface area (Å²) in [4.78, 5) is 3.83. The highest BCUT2D eigenvalue weighted by Gasteiger charge is 2.30. The van der Waals surface area contributed by atoms with Crippen LogP contribution in [0.1, 0.15) is 23.1 Å². The molecule has 3 heterocycles. The van der Waals surface area contributed by atoms with E-state index in [2.05, 4.69) is 76.2 Å². The topological polar surface area (TPSA) is 16.4 Å². The lowest BCUT2D eigenvalue weighted by Crippen LogP contribution is -2.37. The maximum atomic E-state index is 6.91. The van der Waals surface area contributed by atoms with Crippen LogP contribution in [-0.4, -0.2) is 13.7 Å². The molecule has 6 heteroatoms. The SMILES string of the molecule is COc1ccc2c(/C=C3/Sc4cccc5c4N3CCC5)cc(Cl)[n+](Cc3ccccc3)c2c1.Cl. The van der Waals surface area contributed by atoms with Gasteiger partial charge in [0, 0.05) is 23.1 Å². The minimum atomic E-state index is 0. The maximum Gasteiger partial charge on any atom is 0.276 e. The van der Waals surface area contributed by atoms with Crippen molar-refractivity contribution in [3.8, 4) is 5.75 Å². The first-order chi connectivity index (χ1) is 16.2. The van der Waals surface area contributed by atoms with E-state index in [4.69, 9.17) is 16.3 Å². The van der Waals surface area contributed by atoms with Crippen LogP contribution in [0.15, 0.2) is 82.7 Å². The first-order valence-corrected chi connectivity index (χ1v) is 12.4. The van der Waals surface area contributed by atoms with Gasteiger partial charge in [-0.3, -0.25) is 0 Å². The van der Waals surface area contributed by atoms with Crippen LogP contribution in [0.4, 0.5) is 5.69 Å². The number of hydrogen-bond acceptors (Lipinski definition) is 3. The molecule has 2 aliphatic heterocycles. The number of ether oxygens (including phenoxy) is 1. The molecule has 0 bridgehead atoms.